The van der Waals surface area contributed by atoms with E-state index in [-0.39, 0.29) is 12.0 Å². The SMILES string of the molecule is NNc1nc(OCC2CCOCC2)nc(-n2ccnc2)n1. The third-order valence-corrected chi connectivity index (χ3v) is 3.26. The highest BCUT2D eigenvalue weighted by Crippen LogP contribution is 2.17. The van der Waals surface area contributed by atoms with E-state index in [1.165, 1.54) is 0 Å². The van der Waals surface area contributed by atoms with E-state index in [1.807, 2.05) is 0 Å². The Balaban J connectivity index is 1.73. The molecule has 0 amide bonds. The quantitative estimate of drug-likeness (QED) is 0.591. The number of hydrogen-bond donors (Lipinski definition) is 2. The molecule has 3 rings (SSSR count). The highest BCUT2D eigenvalue weighted by molar-refractivity contribution is 5.28. The van der Waals surface area contributed by atoms with Crippen LogP contribution in [0, 0.1) is 5.92 Å². The van der Waals surface area contributed by atoms with Crippen molar-refractivity contribution in [2.24, 2.45) is 11.8 Å². The van der Waals surface area contributed by atoms with Gasteiger partial charge in [-0.1, -0.05) is 0 Å². The molecule has 0 bridgehead atoms. The predicted octanol–water partition coefficient (Wildman–Crippen LogP) is 0.148. The first kappa shape index (κ1) is 13.7. The van der Waals surface area contributed by atoms with Crippen molar-refractivity contribution in [3.8, 4) is 12.0 Å². The van der Waals surface area contributed by atoms with Gasteiger partial charge in [-0.05, 0) is 18.8 Å². The van der Waals surface area contributed by atoms with E-state index in [9.17, 15) is 0 Å². The topological polar surface area (TPSA) is 113 Å². The Labute approximate surface area is 121 Å². The van der Waals surface area contributed by atoms with Crippen LogP contribution in [0.2, 0.25) is 0 Å². The average Bonchev–Trinajstić information content (AvgIpc) is 3.08. The van der Waals surface area contributed by atoms with Crippen LogP contribution in [0.4, 0.5) is 5.95 Å². The molecule has 3 N–H and O–H groups in total. The number of hydrazine groups is 1. The summed E-state index contributed by atoms with van der Waals surface area (Å²) in [5.74, 6) is 6.49. The minimum atomic E-state index is 0.244. The summed E-state index contributed by atoms with van der Waals surface area (Å²) in [6.07, 6.45) is 6.95. The van der Waals surface area contributed by atoms with Crippen molar-refractivity contribution in [3.05, 3.63) is 18.7 Å². The lowest BCUT2D eigenvalue weighted by molar-refractivity contribution is 0.0482. The van der Waals surface area contributed by atoms with Gasteiger partial charge in [0.1, 0.15) is 6.33 Å². The van der Waals surface area contributed by atoms with E-state index < -0.39 is 0 Å². The molecular formula is C12H17N7O2. The Morgan fingerprint density at radius 3 is 2.90 bits per heavy atom. The normalized spacial score (nSPS) is 15.9. The van der Waals surface area contributed by atoms with Crippen LogP contribution >= 0.6 is 0 Å². The third-order valence-electron chi connectivity index (χ3n) is 3.26. The Morgan fingerprint density at radius 2 is 2.19 bits per heavy atom. The molecule has 112 valence electrons. The lowest BCUT2D eigenvalue weighted by Gasteiger charge is -2.21. The molecule has 2 aromatic heterocycles. The van der Waals surface area contributed by atoms with Crippen LogP contribution in [0.3, 0.4) is 0 Å². The van der Waals surface area contributed by atoms with E-state index in [1.54, 1.807) is 23.3 Å². The van der Waals surface area contributed by atoms with Crippen LogP contribution in [0.5, 0.6) is 6.01 Å². The molecule has 3 heterocycles. The molecule has 0 atom stereocenters. The van der Waals surface area contributed by atoms with E-state index in [4.69, 9.17) is 15.3 Å². The van der Waals surface area contributed by atoms with E-state index in [0.29, 0.717) is 18.5 Å². The summed E-state index contributed by atoms with van der Waals surface area (Å²) in [6.45, 7) is 2.11. The van der Waals surface area contributed by atoms with Gasteiger partial charge in [0.15, 0.2) is 0 Å². The zero-order valence-corrected chi connectivity index (χ0v) is 11.5. The number of nitrogens with two attached hydrogens (primary N) is 1. The molecule has 2 aromatic rings. The summed E-state index contributed by atoms with van der Waals surface area (Å²) < 4.78 is 12.7. The molecule has 1 fully saturated rings. The number of ether oxygens (including phenoxy) is 2. The van der Waals surface area contributed by atoms with Gasteiger partial charge >= 0.3 is 6.01 Å². The highest BCUT2D eigenvalue weighted by Gasteiger charge is 2.16. The largest absolute Gasteiger partial charge is 0.463 e. The summed E-state index contributed by atoms with van der Waals surface area (Å²) in [5, 5.41) is 0. The number of aromatic nitrogens is 5. The molecular weight excluding hydrogens is 274 g/mol. The number of nitrogen functional groups attached to an aromatic ring is 1. The molecule has 9 nitrogen and oxygen atoms in total. The summed E-state index contributed by atoms with van der Waals surface area (Å²) >= 11 is 0. The smallest absolute Gasteiger partial charge is 0.323 e. The van der Waals surface area contributed by atoms with Crippen LogP contribution in [0.1, 0.15) is 12.8 Å². The second kappa shape index (κ2) is 6.46. The molecule has 0 aliphatic carbocycles. The third kappa shape index (κ3) is 3.44. The fourth-order valence-corrected chi connectivity index (χ4v) is 2.07. The van der Waals surface area contributed by atoms with Gasteiger partial charge in [-0.25, -0.2) is 10.8 Å². The zero-order valence-electron chi connectivity index (χ0n) is 11.5. The van der Waals surface area contributed by atoms with Gasteiger partial charge in [0.05, 0.1) is 6.61 Å². The molecule has 0 aromatic carbocycles. The molecule has 0 radical (unpaired) electrons. The number of imidazole rings is 1. The Bertz CT molecular complexity index is 569. The molecule has 1 aliphatic heterocycles. The predicted molar refractivity (Wildman–Crippen MR) is 73.8 cm³/mol. The summed E-state index contributed by atoms with van der Waals surface area (Å²) in [6, 6.07) is 0.244. The Morgan fingerprint density at radius 1 is 1.33 bits per heavy atom. The van der Waals surface area contributed by atoms with E-state index >= 15 is 0 Å². The minimum absolute atomic E-state index is 0.244. The monoisotopic (exact) mass is 291 g/mol. The number of hydrogen-bond acceptors (Lipinski definition) is 8. The highest BCUT2D eigenvalue weighted by atomic mass is 16.5. The first-order valence-corrected chi connectivity index (χ1v) is 6.76. The molecule has 21 heavy (non-hydrogen) atoms. The van der Waals surface area contributed by atoms with Gasteiger partial charge in [0.2, 0.25) is 11.9 Å². The maximum atomic E-state index is 5.68. The first-order chi connectivity index (χ1) is 10.3. The molecule has 0 saturated carbocycles. The number of nitrogens with one attached hydrogen (secondary N) is 1. The zero-order chi connectivity index (χ0) is 14.5. The number of anilines is 1. The number of rotatable bonds is 5. The van der Waals surface area contributed by atoms with Gasteiger partial charge in [0.25, 0.3) is 0 Å². The van der Waals surface area contributed by atoms with Crippen molar-refractivity contribution in [3.63, 3.8) is 0 Å². The maximum Gasteiger partial charge on any atom is 0.323 e. The molecule has 9 heteroatoms. The molecule has 1 saturated heterocycles. The Kier molecular flexibility index (Phi) is 4.22. The van der Waals surface area contributed by atoms with Gasteiger partial charge in [-0.3, -0.25) is 9.99 Å². The van der Waals surface area contributed by atoms with Gasteiger partial charge in [-0.2, -0.15) is 15.0 Å². The first-order valence-electron chi connectivity index (χ1n) is 6.76. The maximum absolute atomic E-state index is 5.68. The second-order valence-electron chi connectivity index (χ2n) is 4.72. The Hall–Kier alpha value is -2.26. The standard InChI is InChI=1S/C12H17N7O2/c13-18-10-15-11(19-4-3-14-8-19)17-12(16-10)21-7-9-1-5-20-6-2-9/h3-4,8-9H,1-2,5-7,13H2,(H,15,16,17,18). The average molecular weight is 291 g/mol. The van der Waals surface area contributed by atoms with E-state index in [2.05, 4.69) is 25.4 Å². The second-order valence-corrected chi connectivity index (χ2v) is 4.72. The van der Waals surface area contributed by atoms with Crippen LogP contribution in [0.15, 0.2) is 18.7 Å². The lowest BCUT2D eigenvalue weighted by Crippen LogP contribution is -2.22. The van der Waals surface area contributed by atoms with Crippen LogP contribution in [-0.4, -0.2) is 44.3 Å². The van der Waals surface area contributed by atoms with Crippen LogP contribution in [0.25, 0.3) is 5.95 Å². The van der Waals surface area contributed by atoms with Crippen molar-refractivity contribution >= 4 is 5.95 Å². The van der Waals surface area contributed by atoms with Crippen LogP contribution < -0.4 is 16.0 Å². The van der Waals surface area contributed by atoms with E-state index in [0.717, 1.165) is 26.1 Å². The summed E-state index contributed by atoms with van der Waals surface area (Å²) in [5.41, 5.74) is 2.41. The van der Waals surface area contributed by atoms with Crippen molar-refractivity contribution < 1.29 is 9.47 Å². The molecule has 0 unspecified atom stereocenters. The molecule has 1 aliphatic rings. The van der Waals surface area contributed by atoms with Crippen molar-refractivity contribution in [2.45, 2.75) is 12.8 Å². The minimum Gasteiger partial charge on any atom is -0.463 e. The fourth-order valence-electron chi connectivity index (χ4n) is 2.07. The molecule has 0 spiro atoms. The van der Waals surface area contributed by atoms with Gasteiger partial charge in [-0.15, -0.1) is 0 Å². The van der Waals surface area contributed by atoms with Crippen LogP contribution in [-0.2, 0) is 4.74 Å². The van der Waals surface area contributed by atoms with Gasteiger partial charge < -0.3 is 9.47 Å². The summed E-state index contributed by atoms with van der Waals surface area (Å²) in [7, 11) is 0. The summed E-state index contributed by atoms with van der Waals surface area (Å²) in [4.78, 5) is 16.5. The van der Waals surface area contributed by atoms with Crippen molar-refractivity contribution in [2.75, 3.05) is 25.2 Å². The number of nitrogens with zero attached hydrogens (tertiary/aromatic N) is 5. The van der Waals surface area contributed by atoms with Crippen molar-refractivity contribution in [1.29, 1.82) is 0 Å². The lowest BCUT2D eigenvalue weighted by atomic mass is 10.0. The van der Waals surface area contributed by atoms with Crippen molar-refractivity contribution in [1.82, 2.24) is 24.5 Å². The fraction of sp³-hybridized carbons (Fsp3) is 0.500. The van der Waals surface area contributed by atoms with Gasteiger partial charge in [0, 0.05) is 25.6 Å².